The number of hydrogen-bond donors (Lipinski definition) is 1. The Morgan fingerprint density at radius 1 is 0.971 bits per heavy atom. The molecule has 0 spiro atoms. The highest BCUT2D eigenvalue weighted by Gasteiger charge is 2.20. The molecule has 1 N–H and O–H groups in total. The lowest BCUT2D eigenvalue weighted by Crippen LogP contribution is -2.34. The Morgan fingerprint density at radius 3 is 2.34 bits per heavy atom. The van der Waals surface area contributed by atoms with Crippen LogP contribution in [0.15, 0.2) is 42.5 Å². The van der Waals surface area contributed by atoms with Gasteiger partial charge in [0.05, 0.1) is 0 Å². The first-order valence-electron chi connectivity index (χ1n) is 13.0. The van der Waals surface area contributed by atoms with E-state index in [0.717, 1.165) is 42.7 Å². The minimum Gasteiger partial charge on any atom is -0.352 e. The summed E-state index contributed by atoms with van der Waals surface area (Å²) >= 11 is 0. The van der Waals surface area contributed by atoms with Gasteiger partial charge >= 0.3 is 0 Å². The van der Waals surface area contributed by atoms with Gasteiger partial charge in [-0.2, -0.15) is 0 Å². The van der Waals surface area contributed by atoms with Gasteiger partial charge in [0.2, 0.25) is 5.91 Å². The van der Waals surface area contributed by atoms with E-state index in [9.17, 15) is 14.0 Å². The maximum atomic E-state index is 13.1. The van der Waals surface area contributed by atoms with Gasteiger partial charge in [0, 0.05) is 44.4 Å². The summed E-state index contributed by atoms with van der Waals surface area (Å²) in [5.41, 5.74) is 3.51. The van der Waals surface area contributed by atoms with Gasteiger partial charge in [0.15, 0.2) is 0 Å². The number of fused-ring (bicyclic) bond motifs is 1. The minimum absolute atomic E-state index is 0.0372. The topological polar surface area (TPSA) is 52.7 Å². The highest BCUT2D eigenvalue weighted by molar-refractivity contribution is 5.97. The zero-order chi connectivity index (χ0) is 25.2. The van der Waals surface area contributed by atoms with Gasteiger partial charge in [-0.15, -0.1) is 0 Å². The van der Waals surface area contributed by atoms with Crippen molar-refractivity contribution in [1.82, 2.24) is 10.2 Å². The molecule has 6 heteroatoms. The summed E-state index contributed by atoms with van der Waals surface area (Å²) in [6, 6.07) is 12.1. The van der Waals surface area contributed by atoms with Gasteiger partial charge in [0.25, 0.3) is 5.91 Å². The van der Waals surface area contributed by atoms with Crippen LogP contribution in [0.1, 0.15) is 74.4 Å². The highest BCUT2D eigenvalue weighted by Crippen LogP contribution is 2.26. The van der Waals surface area contributed by atoms with Gasteiger partial charge in [0.1, 0.15) is 5.82 Å². The van der Waals surface area contributed by atoms with Crippen molar-refractivity contribution in [1.29, 1.82) is 0 Å². The molecule has 0 radical (unpaired) electrons. The van der Waals surface area contributed by atoms with Gasteiger partial charge in [-0.05, 0) is 73.2 Å². The van der Waals surface area contributed by atoms with Crippen LogP contribution in [0, 0.1) is 11.7 Å². The summed E-state index contributed by atoms with van der Waals surface area (Å²) in [4.78, 5) is 29.9. The molecule has 0 bridgehead atoms. The van der Waals surface area contributed by atoms with E-state index in [1.807, 2.05) is 23.1 Å². The molecule has 3 rings (SSSR count). The van der Waals surface area contributed by atoms with E-state index < -0.39 is 0 Å². The van der Waals surface area contributed by atoms with Crippen LogP contribution in [0.4, 0.5) is 10.1 Å². The van der Waals surface area contributed by atoms with Crippen molar-refractivity contribution in [2.24, 2.45) is 5.92 Å². The number of nitrogens with one attached hydrogen (secondary N) is 1. The molecule has 0 saturated heterocycles. The predicted octanol–water partition coefficient (Wildman–Crippen LogP) is 5.57. The minimum atomic E-state index is -0.262. The summed E-state index contributed by atoms with van der Waals surface area (Å²) in [5, 5.41) is 2.99. The van der Waals surface area contributed by atoms with E-state index in [2.05, 4.69) is 24.1 Å². The van der Waals surface area contributed by atoms with Crippen molar-refractivity contribution >= 4 is 17.5 Å². The molecule has 0 aliphatic carbocycles. The standard InChI is InChI=1S/C29H40FN3O2/c1-22(2)20-32-17-7-5-4-6-8-18-33(23(3)34)28-14-11-25(19-26(28)21-32)29(35)31-16-15-24-9-12-27(30)13-10-24/h9-14,19,22H,4-8,15-18,20-21H2,1-3H3,(H,31,35). The Balaban J connectivity index is 1.81. The number of hydrogen-bond acceptors (Lipinski definition) is 3. The molecule has 0 saturated carbocycles. The second-order valence-corrected chi connectivity index (χ2v) is 10.0. The number of halogens is 1. The number of benzene rings is 2. The fourth-order valence-electron chi connectivity index (χ4n) is 4.77. The van der Waals surface area contributed by atoms with Crippen molar-refractivity contribution in [3.63, 3.8) is 0 Å². The maximum absolute atomic E-state index is 13.1. The molecule has 0 fully saturated rings. The monoisotopic (exact) mass is 481 g/mol. The SMILES string of the molecule is CC(=O)N1CCCCCCCN(CC(C)C)Cc2cc(C(=O)NCCc3ccc(F)cc3)ccc21. The molecule has 2 aromatic rings. The zero-order valence-electron chi connectivity index (χ0n) is 21.5. The van der Waals surface area contributed by atoms with E-state index in [-0.39, 0.29) is 17.6 Å². The first-order valence-corrected chi connectivity index (χ1v) is 13.0. The van der Waals surface area contributed by atoms with Crippen LogP contribution in [0.5, 0.6) is 0 Å². The predicted molar refractivity (Wildman–Crippen MR) is 140 cm³/mol. The molecular formula is C29H40FN3O2. The van der Waals surface area contributed by atoms with Gasteiger partial charge < -0.3 is 10.2 Å². The molecule has 2 aromatic carbocycles. The van der Waals surface area contributed by atoms with Crippen LogP contribution in [-0.2, 0) is 17.8 Å². The third kappa shape index (κ3) is 8.46. The molecule has 1 heterocycles. The Hall–Kier alpha value is -2.73. The normalized spacial score (nSPS) is 15.7. The number of rotatable bonds is 6. The summed E-state index contributed by atoms with van der Waals surface area (Å²) in [6.07, 6.45) is 6.32. The van der Waals surface area contributed by atoms with Crippen LogP contribution < -0.4 is 10.2 Å². The Kier molecular flexibility index (Phi) is 10.3. The molecular weight excluding hydrogens is 441 g/mol. The lowest BCUT2D eigenvalue weighted by atomic mass is 10.0. The maximum Gasteiger partial charge on any atom is 0.251 e. The van der Waals surface area contributed by atoms with Gasteiger partial charge in [-0.3, -0.25) is 14.5 Å². The third-order valence-electron chi connectivity index (χ3n) is 6.50. The molecule has 2 amide bonds. The average molecular weight is 482 g/mol. The summed E-state index contributed by atoms with van der Waals surface area (Å²) < 4.78 is 13.1. The van der Waals surface area contributed by atoms with Crippen molar-refractivity contribution in [2.75, 3.05) is 31.1 Å². The number of carbonyl (C=O) groups is 2. The third-order valence-corrected chi connectivity index (χ3v) is 6.50. The van der Waals surface area contributed by atoms with Gasteiger partial charge in [-0.1, -0.05) is 45.2 Å². The molecule has 35 heavy (non-hydrogen) atoms. The van der Waals surface area contributed by atoms with E-state index in [0.29, 0.717) is 37.5 Å². The summed E-state index contributed by atoms with van der Waals surface area (Å²) in [5.74, 6) is 0.178. The van der Waals surface area contributed by atoms with Gasteiger partial charge in [-0.25, -0.2) is 4.39 Å². The second-order valence-electron chi connectivity index (χ2n) is 10.0. The average Bonchev–Trinajstić information content (AvgIpc) is 2.80. The molecule has 5 nitrogen and oxygen atoms in total. The smallest absolute Gasteiger partial charge is 0.251 e. The fourth-order valence-corrected chi connectivity index (χ4v) is 4.77. The van der Waals surface area contributed by atoms with Crippen LogP contribution in [0.25, 0.3) is 0 Å². The number of anilines is 1. The number of nitrogens with zero attached hydrogens (tertiary/aromatic N) is 2. The second kappa shape index (κ2) is 13.4. The Bertz CT molecular complexity index is 974. The number of amides is 2. The fraction of sp³-hybridized carbons (Fsp3) is 0.517. The highest BCUT2D eigenvalue weighted by atomic mass is 19.1. The van der Waals surface area contributed by atoms with Crippen LogP contribution in [0.2, 0.25) is 0 Å². The van der Waals surface area contributed by atoms with Crippen LogP contribution >= 0.6 is 0 Å². The number of carbonyl (C=O) groups excluding carboxylic acids is 2. The molecule has 0 aromatic heterocycles. The molecule has 0 unspecified atom stereocenters. The lowest BCUT2D eigenvalue weighted by molar-refractivity contribution is -0.116. The van der Waals surface area contributed by atoms with Crippen molar-refractivity contribution in [3.8, 4) is 0 Å². The molecule has 0 atom stereocenters. The quantitative estimate of drug-likeness (QED) is 0.587. The van der Waals surface area contributed by atoms with Crippen molar-refractivity contribution in [2.45, 2.75) is 65.8 Å². The molecule has 1 aliphatic rings. The van der Waals surface area contributed by atoms with E-state index >= 15 is 0 Å². The van der Waals surface area contributed by atoms with Crippen LogP contribution in [-0.4, -0.2) is 42.9 Å². The van der Waals surface area contributed by atoms with E-state index in [1.165, 1.54) is 31.4 Å². The summed E-state index contributed by atoms with van der Waals surface area (Å²) in [7, 11) is 0. The van der Waals surface area contributed by atoms with Crippen molar-refractivity contribution in [3.05, 3.63) is 65.0 Å². The summed E-state index contributed by atoms with van der Waals surface area (Å²) in [6.45, 7) is 9.97. The first-order chi connectivity index (χ1) is 16.8. The van der Waals surface area contributed by atoms with E-state index in [1.54, 1.807) is 19.1 Å². The first kappa shape index (κ1) is 26.9. The Morgan fingerprint density at radius 2 is 1.66 bits per heavy atom. The largest absolute Gasteiger partial charge is 0.352 e. The van der Waals surface area contributed by atoms with Crippen molar-refractivity contribution < 1.29 is 14.0 Å². The molecule has 1 aliphatic heterocycles. The van der Waals surface area contributed by atoms with E-state index in [4.69, 9.17) is 0 Å². The zero-order valence-corrected chi connectivity index (χ0v) is 21.5. The molecule has 190 valence electrons. The lowest BCUT2D eigenvalue weighted by Gasteiger charge is -2.30. The Labute approximate surface area is 209 Å². The van der Waals surface area contributed by atoms with Crippen LogP contribution in [0.3, 0.4) is 0 Å².